The maximum absolute atomic E-state index is 11.6. The molecule has 1 fully saturated rings. The number of hydrogen-bond donors (Lipinski definition) is 3. The first-order valence-electron chi connectivity index (χ1n) is 5.39. The second-order valence-corrected chi connectivity index (χ2v) is 6.55. The highest BCUT2D eigenvalue weighted by Gasteiger charge is 2.28. The van der Waals surface area contributed by atoms with Crippen LogP contribution in [0, 0.1) is 5.92 Å². The van der Waals surface area contributed by atoms with Crippen LogP contribution in [0.4, 0.5) is 5.69 Å². The number of amides is 1. The smallest absolute Gasteiger partial charge is 0.267 e. The number of hydrogen-bond acceptors (Lipinski definition) is 4. The molecule has 0 spiro atoms. The van der Waals surface area contributed by atoms with Gasteiger partial charge in [0.2, 0.25) is 0 Å². The first-order valence-corrected chi connectivity index (χ1v) is 7.21. The summed E-state index contributed by atoms with van der Waals surface area (Å²) in [7, 11) is -2.88. The fraction of sp³-hybridized carbons (Fsp3) is 0.500. The van der Waals surface area contributed by atoms with Crippen molar-refractivity contribution in [1.29, 1.82) is 0 Å². The van der Waals surface area contributed by atoms with Gasteiger partial charge >= 0.3 is 0 Å². The molecule has 0 radical (unpaired) electrons. The summed E-state index contributed by atoms with van der Waals surface area (Å²) in [6, 6.07) is 1.54. The Hall–Kier alpha value is -1.50. The highest BCUT2D eigenvalue weighted by molar-refractivity contribution is 7.91. The average molecular weight is 257 g/mol. The first kappa shape index (κ1) is 12.0. The largest absolute Gasteiger partial charge is 0.397 e. The van der Waals surface area contributed by atoms with Crippen molar-refractivity contribution in [1.82, 2.24) is 10.3 Å². The van der Waals surface area contributed by atoms with Crippen LogP contribution in [0.1, 0.15) is 16.9 Å². The molecule has 1 aromatic rings. The van der Waals surface area contributed by atoms with Gasteiger partial charge < -0.3 is 16.0 Å². The van der Waals surface area contributed by atoms with Crippen LogP contribution in [0.5, 0.6) is 0 Å². The number of sulfone groups is 1. The Morgan fingerprint density at radius 2 is 2.35 bits per heavy atom. The van der Waals surface area contributed by atoms with Gasteiger partial charge in [0.25, 0.3) is 5.91 Å². The van der Waals surface area contributed by atoms with Crippen LogP contribution in [0.2, 0.25) is 0 Å². The summed E-state index contributed by atoms with van der Waals surface area (Å²) in [5.41, 5.74) is 6.37. The number of nitrogens with one attached hydrogen (secondary N) is 2. The summed E-state index contributed by atoms with van der Waals surface area (Å²) in [4.78, 5) is 14.4. The van der Waals surface area contributed by atoms with E-state index in [0.717, 1.165) is 0 Å². The Balaban J connectivity index is 1.85. The topological polar surface area (TPSA) is 105 Å². The zero-order chi connectivity index (χ0) is 12.5. The maximum Gasteiger partial charge on any atom is 0.267 e. The highest BCUT2D eigenvalue weighted by atomic mass is 32.2. The third-order valence-corrected chi connectivity index (χ3v) is 4.66. The van der Waals surface area contributed by atoms with Crippen LogP contribution in [0.3, 0.4) is 0 Å². The van der Waals surface area contributed by atoms with Crippen molar-refractivity contribution in [2.24, 2.45) is 5.92 Å². The molecule has 1 aliphatic heterocycles. The molecule has 1 aliphatic rings. The van der Waals surface area contributed by atoms with Gasteiger partial charge in [0.15, 0.2) is 9.84 Å². The molecule has 0 bridgehead atoms. The van der Waals surface area contributed by atoms with Crippen molar-refractivity contribution < 1.29 is 13.2 Å². The van der Waals surface area contributed by atoms with Gasteiger partial charge in [-0.1, -0.05) is 0 Å². The minimum absolute atomic E-state index is 0.0243. The van der Waals surface area contributed by atoms with E-state index in [1.165, 1.54) is 6.20 Å². The van der Waals surface area contributed by atoms with Gasteiger partial charge in [-0.2, -0.15) is 0 Å². The monoisotopic (exact) mass is 257 g/mol. The second kappa shape index (κ2) is 4.40. The molecule has 1 amide bonds. The van der Waals surface area contributed by atoms with Gasteiger partial charge in [-0.05, 0) is 18.4 Å². The van der Waals surface area contributed by atoms with Crippen LogP contribution in [0.15, 0.2) is 12.3 Å². The highest BCUT2D eigenvalue weighted by Crippen LogP contribution is 2.17. The van der Waals surface area contributed by atoms with Crippen molar-refractivity contribution in [3.63, 3.8) is 0 Å². The van der Waals surface area contributed by atoms with E-state index in [-0.39, 0.29) is 23.3 Å². The van der Waals surface area contributed by atoms with Crippen molar-refractivity contribution in [2.75, 3.05) is 23.8 Å². The number of H-pyrrole nitrogens is 1. The van der Waals surface area contributed by atoms with Crippen molar-refractivity contribution in [3.8, 4) is 0 Å². The maximum atomic E-state index is 11.6. The van der Waals surface area contributed by atoms with E-state index in [1.54, 1.807) is 6.07 Å². The molecular weight excluding hydrogens is 242 g/mol. The second-order valence-electron chi connectivity index (χ2n) is 4.33. The molecular formula is C10H15N3O3S. The van der Waals surface area contributed by atoms with E-state index < -0.39 is 9.84 Å². The summed E-state index contributed by atoms with van der Waals surface area (Å²) in [5.74, 6) is 0.158. The minimum atomic E-state index is -2.88. The SMILES string of the molecule is Nc1c[nH]c(C(=O)NCC2CCS(=O)(=O)C2)c1. The lowest BCUT2D eigenvalue weighted by Gasteiger charge is -2.08. The first-order chi connectivity index (χ1) is 7.96. The van der Waals surface area contributed by atoms with Gasteiger partial charge in [0.1, 0.15) is 5.69 Å². The Morgan fingerprint density at radius 3 is 2.88 bits per heavy atom. The fourth-order valence-corrected chi connectivity index (χ4v) is 3.77. The molecule has 0 aliphatic carbocycles. The lowest BCUT2D eigenvalue weighted by molar-refractivity contribution is 0.0944. The zero-order valence-corrected chi connectivity index (χ0v) is 10.1. The predicted octanol–water partition coefficient (Wildman–Crippen LogP) is -0.239. The molecule has 1 aromatic heterocycles. The van der Waals surface area contributed by atoms with E-state index in [2.05, 4.69) is 10.3 Å². The normalized spacial score (nSPS) is 22.5. The van der Waals surface area contributed by atoms with Gasteiger partial charge in [0, 0.05) is 18.4 Å². The number of rotatable bonds is 3. The van der Waals surface area contributed by atoms with Crippen LogP contribution >= 0.6 is 0 Å². The molecule has 0 aromatic carbocycles. The molecule has 2 rings (SSSR count). The summed E-state index contributed by atoms with van der Waals surface area (Å²) in [6.07, 6.45) is 2.16. The number of nitrogen functional groups attached to an aromatic ring is 1. The van der Waals surface area contributed by atoms with E-state index in [0.29, 0.717) is 24.3 Å². The van der Waals surface area contributed by atoms with Gasteiger partial charge in [-0.15, -0.1) is 0 Å². The molecule has 6 nitrogen and oxygen atoms in total. The summed E-state index contributed by atoms with van der Waals surface area (Å²) >= 11 is 0. The minimum Gasteiger partial charge on any atom is -0.397 e. The van der Waals surface area contributed by atoms with Crippen LogP contribution in [-0.2, 0) is 9.84 Å². The van der Waals surface area contributed by atoms with Crippen molar-refractivity contribution in [2.45, 2.75) is 6.42 Å². The fourth-order valence-electron chi connectivity index (χ4n) is 1.91. The molecule has 1 unspecified atom stereocenters. The number of aromatic amines is 1. The Bertz CT molecular complexity index is 521. The molecule has 1 atom stereocenters. The number of carbonyl (C=O) groups is 1. The lowest BCUT2D eigenvalue weighted by Crippen LogP contribution is -2.30. The van der Waals surface area contributed by atoms with Crippen LogP contribution in [-0.4, -0.2) is 37.4 Å². The van der Waals surface area contributed by atoms with Gasteiger partial charge in [-0.3, -0.25) is 4.79 Å². The summed E-state index contributed by atoms with van der Waals surface area (Å²) in [6.45, 7) is 0.386. The van der Waals surface area contributed by atoms with E-state index in [1.807, 2.05) is 0 Å². The van der Waals surface area contributed by atoms with E-state index in [9.17, 15) is 13.2 Å². The van der Waals surface area contributed by atoms with Gasteiger partial charge in [0.05, 0.1) is 11.5 Å². The Morgan fingerprint density at radius 1 is 1.59 bits per heavy atom. The summed E-state index contributed by atoms with van der Waals surface area (Å²) < 4.78 is 22.4. The predicted molar refractivity (Wildman–Crippen MR) is 64.3 cm³/mol. The molecule has 4 N–H and O–H groups in total. The lowest BCUT2D eigenvalue weighted by atomic mass is 10.1. The number of aromatic nitrogens is 1. The zero-order valence-electron chi connectivity index (χ0n) is 9.27. The van der Waals surface area contributed by atoms with Crippen LogP contribution in [0.25, 0.3) is 0 Å². The molecule has 7 heteroatoms. The third kappa shape index (κ3) is 3.00. The van der Waals surface area contributed by atoms with E-state index >= 15 is 0 Å². The Labute approximate surface area is 99.5 Å². The number of carbonyl (C=O) groups excluding carboxylic acids is 1. The standard InChI is InChI=1S/C10H15N3O3S/c11-8-3-9(12-5-8)10(14)13-4-7-1-2-17(15,16)6-7/h3,5,7,12H,1-2,4,6,11H2,(H,13,14). The summed E-state index contributed by atoms with van der Waals surface area (Å²) in [5, 5.41) is 2.70. The van der Waals surface area contributed by atoms with Crippen LogP contribution < -0.4 is 11.1 Å². The van der Waals surface area contributed by atoms with Gasteiger partial charge in [-0.25, -0.2) is 8.42 Å². The molecule has 0 saturated carbocycles. The van der Waals surface area contributed by atoms with Crippen molar-refractivity contribution in [3.05, 3.63) is 18.0 Å². The molecule has 94 valence electrons. The Kier molecular flexibility index (Phi) is 3.10. The van der Waals surface area contributed by atoms with E-state index in [4.69, 9.17) is 5.73 Å². The average Bonchev–Trinajstić information content (AvgIpc) is 2.81. The molecule has 2 heterocycles. The molecule has 1 saturated heterocycles. The third-order valence-electron chi connectivity index (χ3n) is 2.83. The quantitative estimate of drug-likeness (QED) is 0.695. The molecule has 17 heavy (non-hydrogen) atoms. The number of nitrogens with two attached hydrogens (primary N) is 1. The van der Waals surface area contributed by atoms with Crippen molar-refractivity contribution >= 4 is 21.4 Å². The number of anilines is 1.